The summed E-state index contributed by atoms with van der Waals surface area (Å²) in [6.45, 7) is 5.34. The summed E-state index contributed by atoms with van der Waals surface area (Å²) in [5.74, 6) is 0.524. The number of anilines is 1. The zero-order valence-electron chi connectivity index (χ0n) is 22.4. The Morgan fingerprint density at radius 2 is 1.74 bits per heavy atom. The van der Waals surface area contributed by atoms with Gasteiger partial charge >= 0.3 is 0 Å². The van der Waals surface area contributed by atoms with E-state index in [1.165, 1.54) is 9.21 Å². The van der Waals surface area contributed by atoms with Crippen LogP contribution in [0.4, 0.5) is 5.69 Å². The Morgan fingerprint density at radius 1 is 1.03 bits per heavy atom. The van der Waals surface area contributed by atoms with Crippen molar-refractivity contribution in [1.29, 1.82) is 0 Å². The Labute approximate surface area is 240 Å². The van der Waals surface area contributed by atoms with Gasteiger partial charge in [0.05, 0.1) is 22.0 Å². The molecule has 1 aliphatic rings. The highest BCUT2D eigenvalue weighted by molar-refractivity contribution is 7.92. The molecule has 1 aliphatic heterocycles. The van der Waals surface area contributed by atoms with Gasteiger partial charge in [0.25, 0.3) is 0 Å². The molecule has 9 nitrogen and oxygen atoms in total. The van der Waals surface area contributed by atoms with Crippen LogP contribution in [-0.2, 0) is 26.2 Å². The maximum atomic E-state index is 13.5. The first-order valence-corrected chi connectivity index (χ1v) is 15.5. The van der Waals surface area contributed by atoms with E-state index in [1.807, 2.05) is 13.8 Å². The molecule has 1 N–H and O–H groups in total. The van der Waals surface area contributed by atoms with Crippen molar-refractivity contribution in [3.05, 3.63) is 52.0 Å². The molecule has 0 aliphatic carbocycles. The van der Waals surface area contributed by atoms with Crippen molar-refractivity contribution < 1.29 is 27.5 Å². The van der Waals surface area contributed by atoms with Crippen molar-refractivity contribution in [3.63, 3.8) is 0 Å². The SMILES string of the molecule is CCCNC(=O)[C@@H](CC)N(Cc1ccc(Cl)c(Cl)c1)C(=O)CCCN(c1ccc2c(c1)OCCO2)S(C)(=O)=O. The van der Waals surface area contributed by atoms with E-state index in [-0.39, 0.29) is 37.7 Å². The second kappa shape index (κ2) is 14.1. The fraction of sp³-hybridized carbons (Fsp3) is 0.481. The Kier molecular flexibility index (Phi) is 11.1. The molecule has 1 heterocycles. The number of nitrogens with one attached hydrogen (secondary N) is 1. The summed E-state index contributed by atoms with van der Waals surface area (Å²) in [6, 6.07) is 9.34. The second-order valence-electron chi connectivity index (χ2n) is 9.25. The lowest BCUT2D eigenvalue weighted by Gasteiger charge is -2.31. The van der Waals surface area contributed by atoms with Crippen LogP contribution < -0.4 is 19.1 Å². The normalized spacial score (nSPS) is 13.5. The molecule has 0 spiro atoms. The number of carbonyl (C=O) groups is 2. The van der Waals surface area contributed by atoms with Gasteiger partial charge in [-0.25, -0.2) is 8.42 Å². The highest BCUT2D eigenvalue weighted by atomic mass is 35.5. The largest absolute Gasteiger partial charge is 0.486 e. The van der Waals surface area contributed by atoms with Gasteiger partial charge in [-0.05, 0) is 49.1 Å². The summed E-state index contributed by atoms with van der Waals surface area (Å²) in [4.78, 5) is 28.0. The number of ether oxygens (including phenoxy) is 2. The van der Waals surface area contributed by atoms with Gasteiger partial charge in [-0.2, -0.15) is 0 Å². The van der Waals surface area contributed by atoms with Crippen LogP contribution >= 0.6 is 23.2 Å². The Balaban J connectivity index is 1.77. The number of benzene rings is 2. The molecule has 0 fully saturated rings. The summed E-state index contributed by atoms with van der Waals surface area (Å²) < 4.78 is 37.6. The number of hydrogen-bond donors (Lipinski definition) is 1. The van der Waals surface area contributed by atoms with Gasteiger partial charge < -0.3 is 19.7 Å². The molecular formula is C27H35Cl2N3O6S. The molecular weight excluding hydrogens is 565 g/mol. The molecule has 0 saturated carbocycles. The van der Waals surface area contributed by atoms with E-state index in [9.17, 15) is 18.0 Å². The summed E-state index contributed by atoms with van der Waals surface area (Å²) in [5, 5.41) is 3.63. The fourth-order valence-electron chi connectivity index (χ4n) is 4.31. The van der Waals surface area contributed by atoms with Gasteiger partial charge in [0.2, 0.25) is 21.8 Å². The molecule has 0 radical (unpaired) electrons. The zero-order valence-corrected chi connectivity index (χ0v) is 24.7. The topological polar surface area (TPSA) is 105 Å². The molecule has 39 heavy (non-hydrogen) atoms. The van der Waals surface area contributed by atoms with E-state index in [4.69, 9.17) is 32.7 Å². The van der Waals surface area contributed by atoms with Crippen LogP contribution in [-0.4, -0.2) is 63.7 Å². The third kappa shape index (κ3) is 8.40. The van der Waals surface area contributed by atoms with Crippen LogP contribution in [0.5, 0.6) is 11.5 Å². The molecule has 0 aromatic heterocycles. The van der Waals surface area contributed by atoms with Crippen molar-refractivity contribution in [2.45, 2.75) is 52.1 Å². The van der Waals surface area contributed by atoms with Crippen LogP contribution in [0.25, 0.3) is 0 Å². The number of hydrogen-bond acceptors (Lipinski definition) is 6. The minimum Gasteiger partial charge on any atom is -0.486 e. The number of amides is 2. The number of rotatable bonds is 13. The van der Waals surface area contributed by atoms with Gasteiger partial charge in [-0.15, -0.1) is 0 Å². The first-order valence-electron chi connectivity index (χ1n) is 12.9. The van der Waals surface area contributed by atoms with E-state index in [2.05, 4.69) is 5.32 Å². The minimum absolute atomic E-state index is 0.0372. The Bertz CT molecular complexity index is 1270. The fourth-order valence-corrected chi connectivity index (χ4v) is 5.59. The van der Waals surface area contributed by atoms with E-state index in [0.717, 1.165) is 18.2 Å². The Hall–Kier alpha value is -2.69. The maximum Gasteiger partial charge on any atom is 0.242 e. The third-order valence-electron chi connectivity index (χ3n) is 6.24. The van der Waals surface area contributed by atoms with Gasteiger partial charge in [0.1, 0.15) is 19.3 Å². The number of sulfonamides is 1. The first-order chi connectivity index (χ1) is 18.5. The Morgan fingerprint density at radius 3 is 2.38 bits per heavy atom. The standard InChI is InChI=1S/C27H35Cl2N3O6S/c1-4-12-30-27(34)23(5-2)31(18-19-8-10-21(28)22(29)16-19)26(33)7-6-13-32(39(3,35)36)20-9-11-24-25(17-20)38-15-14-37-24/h8-11,16-17,23H,4-7,12-15,18H2,1-3H3,(H,30,34)/t23-/m1/s1. The van der Waals surface area contributed by atoms with E-state index in [1.54, 1.807) is 36.4 Å². The molecule has 2 amide bonds. The molecule has 2 aromatic carbocycles. The average molecular weight is 601 g/mol. The third-order valence-corrected chi connectivity index (χ3v) is 8.17. The quantitative estimate of drug-likeness (QED) is 0.359. The van der Waals surface area contributed by atoms with E-state index >= 15 is 0 Å². The van der Waals surface area contributed by atoms with Crippen LogP contribution in [0, 0.1) is 0 Å². The molecule has 0 bridgehead atoms. The lowest BCUT2D eigenvalue weighted by Crippen LogP contribution is -2.49. The van der Waals surface area contributed by atoms with Gasteiger partial charge in [-0.1, -0.05) is 43.1 Å². The van der Waals surface area contributed by atoms with Crippen LogP contribution in [0.1, 0.15) is 45.1 Å². The lowest BCUT2D eigenvalue weighted by atomic mass is 10.1. The maximum absolute atomic E-state index is 13.5. The first kappa shape index (κ1) is 30.8. The van der Waals surface area contributed by atoms with E-state index in [0.29, 0.717) is 53.4 Å². The molecule has 214 valence electrons. The molecule has 3 rings (SSSR count). The predicted octanol–water partition coefficient (Wildman–Crippen LogP) is 4.64. The van der Waals surface area contributed by atoms with E-state index < -0.39 is 16.1 Å². The summed E-state index contributed by atoms with van der Waals surface area (Å²) >= 11 is 12.2. The predicted molar refractivity (Wildman–Crippen MR) is 153 cm³/mol. The van der Waals surface area contributed by atoms with Crippen molar-refractivity contribution in [1.82, 2.24) is 10.2 Å². The molecule has 0 saturated heterocycles. The number of nitrogens with zero attached hydrogens (tertiary/aromatic N) is 2. The molecule has 0 unspecified atom stereocenters. The summed E-state index contributed by atoms with van der Waals surface area (Å²) in [7, 11) is -3.64. The number of halogens is 2. The van der Waals surface area contributed by atoms with Crippen molar-refractivity contribution in [3.8, 4) is 11.5 Å². The van der Waals surface area contributed by atoms with Gasteiger partial charge in [-0.3, -0.25) is 13.9 Å². The second-order valence-corrected chi connectivity index (χ2v) is 12.0. The highest BCUT2D eigenvalue weighted by Gasteiger charge is 2.29. The smallest absolute Gasteiger partial charge is 0.242 e. The van der Waals surface area contributed by atoms with Crippen molar-refractivity contribution in [2.24, 2.45) is 0 Å². The van der Waals surface area contributed by atoms with Crippen LogP contribution in [0.2, 0.25) is 10.0 Å². The summed E-state index contributed by atoms with van der Waals surface area (Å²) in [6.07, 6.45) is 2.58. The van der Waals surface area contributed by atoms with Gasteiger partial charge in [0, 0.05) is 32.1 Å². The monoisotopic (exact) mass is 599 g/mol. The summed E-state index contributed by atoms with van der Waals surface area (Å²) in [5.41, 5.74) is 1.15. The number of carbonyl (C=O) groups excluding carboxylic acids is 2. The molecule has 2 aromatic rings. The number of fused-ring (bicyclic) bond motifs is 1. The van der Waals surface area contributed by atoms with Gasteiger partial charge in [0.15, 0.2) is 11.5 Å². The lowest BCUT2D eigenvalue weighted by molar-refractivity contribution is -0.141. The molecule has 12 heteroatoms. The van der Waals surface area contributed by atoms with Crippen LogP contribution in [0.15, 0.2) is 36.4 Å². The van der Waals surface area contributed by atoms with Crippen LogP contribution in [0.3, 0.4) is 0 Å². The minimum atomic E-state index is -3.64. The highest BCUT2D eigenvalue weighted by Crippen LogP contribution is 2.35. The zero-order chi connectivity index (χ0) is 28.6. The molecule has 1 atom stereocenters. The average Bonchev–Trinajstić information content (AvgIpc) is 2.90. The van der Waals surface area contributed by atoms with Crippen molar-refractivity contribution in [2.75, 3.05) is 36.9 Å². The van der Waals surface area contributed by atoms with Crippen molar-refractivity contribution >= 4 is 50.7 Å².